The van der Waals surface area contributed by atoms with Gasteiger partial charge in [0.15, 0.2) is 6.29 Å². The van der Waals surface area contributed by atoms with Crippen LogP contribution in [0, 0.1) is 0 Å². The van der Waals surface area contributed by atoms with Crippen LogP contribution in [-0.2, 0) is 9.47 Å². The molecule has 0 rings (SSSR count). The third-order valence-corrected chi connectivity index (χ3v) is 6.60. The number of rotatable bonds is 29. The monoisotopic (exact) mass is 520 g/mol. The summed E-state index contributed by atoms with van der Waals surface area (Å²) in [6.45, 7) is 6.97. The molecule has 37 heavy (non-hydrogen) atoms. The molecule has 0 aliphatic carbocycles. The van der Waals surface area contributed by atoms with Gasteiger partial charge in [0, 0.05) is 19.8 Å². The van der Waals surface area contributed by atoms with Crippen molar-refractivity contribution in [1.82, 2.24) is 4.90 Å². The number of likely N-dealkylation sites (N-methyl/N-ethyl adjacent to an activating group) is 1. The molecule has 0 amide bonds. The van der Waals surface area contributed by atoms with E-state index in [2.05, 4.69) is 69.3 Å². The van der Waals surface area contributed by atoms with Gasteiger partial charge in [0.2, 0.25) is 0 Å². The Balaban J connectivity index is 3.58. The van der Waals surface area contributed by atoms with Crippen LogP contribution < -0.4 is 0 Å². The SMILES string of the molecule is CCCC=CCCCCCCCOC(CN(C)C)OCCCCCCCCC=CCC=CCCCCC. The van der Waals surface area contributed by atoms with E-state index >= 15 is 0 Å². The van der Waals surface area contributed by atoms with Crippen LogP contribution in [-0.4, -0.2) is 45.0 Å². The summed E-state index contributed by atoms with van der Waals surface area (Å²) in [5.74, 6) is 0. The van der Waals surface area contributed by atoms with E-state index in [1.54, 1.807) is 0 Å². The van der Waals surface area contributed by atoms with E-state index in [1.165, 1.54) is 109 Å². The number of nitrogens with zero attached hydrogens (tertiary/aromatic N) is 1. The molecule has 0 fully saturated rings. The molecule has 0 aromatic heterocycles. The molecule has 0 aliphatic heterocycles. The van der Waals surface area contributed by atoms with Gasteiger partial charge in [-0.1, -0.05) is 115 Å². The van der Waals surface area contributed by atoms with E-state index in [4.69, 9.17) is 9.47 Å². The summed E-state index contributed by atoms with van der Waals surface area (Å²) < 4.78 is 12.1. The minimum absolute atomic E-state index is 0.0864. The van der Waals surface area contributed by atoms with E-state index in [0.717, 1.165) is 39.0 Å². The van der Waals surface area contributed by atoms with Crippen molar-refractivity contribution in [2.75, 3.05) is 33.9 Å². The van der Waals surface area contributed by atoms with Gasteiger partial charge in [-0.3, -0.25) is 0 Å². The van der Waals surface area contributed by atoms with E-state index in [9.17, 15) is 0 Å². The number of hydrogen-bond donors (Lipinski definition) is 0. The molecule has 1 atom stereocenters. The first-order valence-electron chi connectivity index (χ1n) is 16.0. The topological polar surface area (TPSA) is 21.7 Å². The first-order valence-corrected chi connectivity index (χ1v) is 16.0. The number of hydrogen-bond acceptors (Lipinski definition) is 3. The van der Waals surface area contributed by atoms with E-state index in [-0.39, 0.29) is 6.29 Å². The Bertz CT molecular complexity index is 512. The van der Waals surface area contributed by atoms with E-state index in [1.807, 2.05) is 0 Å². The zero-order chi connectivity index (χ0) is 27.1. The molecule has 0 N–H and O–H groups in total. The molecule has 0 aromatic carbocycles. The van der Waals surface area contributed by atoms with Gasteiger partial charge in [-0.15, -0.1) is 0 Å². The minimum atomic E-state index is -0.0864. The van der Waals surface area contributed by atoms with Crippen molar-refractivity contribution >= 4 is 0 Å². The maximum Gasteiger partial charge on any atom is 0.170 e. The van der Waals surface area contributed by atoms with Gasteiger partial charge in [-0.25, -0.2) is 0 Å². The number of unbranched alkanes of at least 4 members (excludes halogenated alkanes) is 15. The Kier molecular flexibility index (Phi) is 30.6. The second-order valence-corrected chi connectivity index (χ2v) is 10.8. The first-order chi connectivity index (χ1) is 18.2. The number of ether oxygens (including phenoxy) is 2. The van der Waals surface area contributed by atoms with Gasteiger partial charge >= 0.3 is 0 Å². The fourth-order valence-corrected chi connectivity index (χ4v) is 4.27. The molecule has 1 unspecified atom stereocenters. The highest BCUT2D eigenvalue weighted by Gasteiger charge is 2.10. The van der Waals surface area contributed by atoms with Crippen molar-refractivity contribution < 1.29 is 9.47 Å². The molecular formula is C34H65NO2. The summed E-state index contributed by atoms with van der Waals surface area (Å²) >= 11 is 0. The molecule has 0 saturated heterocycles. The largest absolute Gasteiger partial charge is 0.351 e. The lowest BCUT2D eigenvalue weighted by atomic mass is 10.1. The average molecular weight is 520 g/mol. The number of allylic oxidation sites excluding steroid dienone is 6. The Morgan fingerprint density at radius 1 is 0.486 bits per heavy atom. The maximum absolute atomic E-state index is 6.08. The molecular weight excluding hydrogens is 454 g/mol. The Morgan fingerprint density at radius 3 is 1.41 bits per heavy atom. The fraction of sp³-hybridized carbons (Fsp3) is 0.824. The predicted molar refractivity (Wildman–Crippen MR) is 165 cm³/mol. The van der Waals surface area contributed by atoms with Crippen molar-refractivity contribution in [3.8, 4) is 0 Å². The van der Waals surface area contributed by atoms with Crippen molar-refractivity contribution in [2.24, 2.45) is 0 Å². The molecule has 0 saturated carbocycles. The zero-order valence-electron chi connectivity index (χ0n) is 25.6. The second-order valence-electron chi connectivity index (χ2n) is 10.8. The highest BCUT2D eigenvalue weighted by atomic mass is 16.7. The Morgan fingerprint density at radius 2 is 0.919 bits per heavy atom. The summed E-state index contributed by atoms with van der Waals surface area (Å²) in [6.07, 6.45) is 39.4. The third-order valence-electron chi connectivity index (χ3n) is 6.60. The van der Waals surface area contributed by atoms with Crippen LogP contribution in [0.2, 0.25) is 0 Å². The molecule has 0 heterocycles. The molecule has 218 valence electrons. The predicted octanol–water partition coefficient (Wildman–Crippen LogP) is 10.4. The van der Waals surface area contributed by atoms with Crippen LogP contribution in [0.25, 0.3) is 0 Å². The van der Waals surface area contributed by atoms with Gasteiger partial charge in [0.25, 0.3) is 0 Å². The molecule has 0 spiro atoms. The fourth-order valence-electron chi connectivity index (χ4n) is 4.27. The van der Waals surface area contributed by atoms with E-state index in [0.29, 0.717) is 0 Å². The van der Waals surface area contributed by atoms with Gasteiger partial charge < -0.3 is 14.4 Å². The minimum Gasteiger partial charge on any atom is -0.351 e. The maximum atomic E-state index is 6.08. The van der Waals surface area contributed by atoms with Crippen LogP contribution in [0.1, 0.15) is 142 Å². The third kappa shape index (κ3) is 31.2. The lowest BCUT2D eigenvalue weighted by Crippen LogP contribution is -2.31. The van der Waals surface area contributed by atoms with Gasteiger partial charge in [-0.2, -0.15) is 0 Å². The molecule has 0 aromatic rings. The summed E-state index contributed by atoms with van der Waals surface area (Å²) in [5.41, 5.74) is 0. The molecule has 0 aliphatic rings. The highest BCUT2D eigenvalue weighted by Crippen LogP contribution is 2.10. The standard InChI is InChI=1S/C34H65NO2/c1-5-7-9-11-13-15-17-18-19-20-21-22-24-26-28-30-32-37-34(33-35(3)4)36-31-29-27-25-23-16-14-12-10-8-6-2/h10,12-13,15,18-19,34H,5-9,11,14,16-17,20-33H2,1-4H3. The Hall–Kier alpha value is -0.900. The molecule has 3 heteroatoms. The van der Waals surface area contributed by atoms with Crippen molar-refractivity contribution in [3.05, 3.63) is 36.5 Å². The summed E-state index contributed by atoms with van der Waals surface area (Å²) in [5, 5.41) is 0. The van der Waals surface area contributed by atoms with Gasteiger partial charge in [0.05, 0.1) is 0 Å². The lowest BCUT2D eigenvalue weighted by molar-refractivity contribution is -0.150. The normalized spacial score (nSPS) is 13.2. The smallest absolute Gasteiger partial charge is 0.170 e. The summed E-state index contributed by atoms with van der Waals surface area (Å²) in [4.78, 5) is 2.16. The van der Waals surface area contributed by atoms with Gasteiger partial charge in [-0.05, 0) is 78.3 Å². The summed E-state index contributed by atoms with van der Waals surface area (Å²) in [6, 6.07) is 0. The first kappa shape index (κ1) is 36.1. The van der Waals surface area contributed by atoms with Crippen molar-refractivity contribution in [3.63, 3.8) is 0 Å². The zero-order valence-corrected chi connectivity index (χ0v) is 25.6. The van der Waals surface area contributed by atoms with Crippen LogP contribution in [0.4, 0.5) is 0 Å². The van der Waals surface area contributed by atoms with Crippen LogP contribution >= 0.6 is 0 Å². The summed E-state index contributed by atoms with van der Waals surface area (Å²) in [7, 11) is 4.18. The molecule has 0 bridgehead atoms. The van der Waals surface area contributed by atoms with Crippen LogP contribution in [0.3, 0.4) is 0 Å². The lowest BCUT2D eigenvalue weighted by Gasteiger charge is -2.22. The Labute approximate surface area is 233 Å². The molecule has 0 radical (unpaired) electrons. The van der Waals surface area contributed by atoms with Crippen molar-refractivity contribution in [1.29, 1.82) is 0 Å². The van der Waals surface area contributed by atoms with Crippen LogP contribution in [0.5, 0.6) is 0 Å². The van der Waals surface area contributed by atoms with Gasteiger partial charge in [0.1, 0.15) is 0 Å². The second kappa shape index (κ2) is 31.3. The highest BCUT2D eigenvalue weighted by molar-refractivity contribution is 4.92. The van der Waals surface area contributed by atoms with E-state index < -0.39 is 0 Å². The average Bonchev–Trinajstić information content (AvgIpc) is 2.88. The quantitative estimate of drug-likeness (QED) is 0.0557. The van der Waals surface area contributed by atoms with Crippen molar-refractivity contribution in [2.45, 2.75) is 149 Å². The van der Waals surface area contributed by atoms with Crippen LogP contribution in [0.15, 0.2) is 36.5 Å². The molecule has 3 nitrogen and oxygen atoms in total.